The number of carbonyl (C=O) groups excluding carboxylic acids is 3. The summed E-state index contributed by atoms with van der Waals surface area (Å²) in [5.41, 5.74) is -1.50. The smallest absolute Gasteiger partial charge is 0.338 e. The number of rotatable bonds is 7. The van der Waals surface area contributed by atoms with Gasteiger partial charge in [-0.1, -0.05) is 13.8 Å². The molecule has 0 aromatic heterocycles. The molecule has 4 fully saturated rings. The molecule has 1 aromatic rings. The summed E-state index contributed by atoms with van der Waals surface area (Å²) in [6.45, 7) is 2.75. The van der Waals surface area contributed by atoms with E-state index in [2.05, 4.69) is 22.6 Å². The predicted molar refractivity (Wildman–Crippen MR) is 119 cm³/mol. The van der Waals surface area contributed by atoms with Crippen molar-refractivity contribution in [3.05, 3.63) is 33.4 Å². The second-order valence-corrected chi connectivity index (χ2v) is 11.5. The first-order valence-corrected chi connectivity index (χ1v) is 12.2. The van der Waals surface area contributed by atoms with Gasteiger partial charge in [0.25, 0.3) is 0 Å². The highest BCUT2D eigenvalue weighted by Crippen LogP contribution is 2.63. The molecule has 0 aliphatic heterocycles. The summed E-state index contributed by atoms with van der Waals surface area (Å²) >= 11 is 2.14. The second kappa shape index (κ2) is 8.46. The zero-order valence-corrected chi connectivity index (χ0v) is 20.6. The van der Waals surface area contributed by atoms with Gasteiger partial charge in [0.1, 0.15) is 11.6 Å². The van der Waals surface area contributed by atoms with E-state index in [1.54, 1.807) is 24.3 Å². The van der Waals surface area contributed by atoms with E-state index in [1.807, 2.05) is 0 Å². The molecule has 4 bridgehead atoms. The fraction of sp³-hybridized carbons (Fsp3) is 0.625. The minimum absolute atomic E-state index is 0.113. The number of hydrogen-bond donors (Lipinski definition) is 0. The molecule has 0 radical (unpaired) electrons. The Morgan fingerprint density at radius 2 is 1.67 bits per heavy atom. The van der Waals surface area contributed by atoms with Crippen molar-refractivity contribution in [3.63, 3.8) is 0 Å². The molecule has 9 heteroatoms. The Morgan fingerprint density at radius 3 is 2.18 bits per heavy atom. The first-order valence-electron chi connectivity index (χ1n) is 11.2. The third kappa shape index (κ3) is 4.49. The maximum atomic E-state index is 14.2. The number of halogens is 3. The Morgan fingerprint density at radius 1 is 1.09 bits per heavy atom. The molecule has 180 valence electrons. The average molecular weight is 575 g/mol. The maximum absolute atomic E-state index is 14.2. The molecule has 4 aliphatic rings. The van der Waals surface area contributed by atoms with Crippen LogP contribution in [0.25, 0.3) is 0 Å². The number of esters is 2. The number of benzene rings is 1. The fourth-order valence-corrected chi connectivity index (χ4v) is 6.72. The van der Waals surface area contributed by atoms with Gasteiger partial charge in [-0.3, -0.25) is 4.79 Å². The molecule has 0 amide bonds. The first-order chi connectivity index (χ1) is 15.4. The van der Waals surface area contributed by atoms with Crippen molar-refractivity contribution in [2.45, 2.75) is 70.0 Å². The van der Waals surface area contributed by atoms with Crippen molar-refractivity contribution in [2.24, 2.45) is 23.2 Å². The first kappa shape index (κ1) is 24.3. The second-order valence-electron chi connectivity index (χ2n) is 10.3. The van der Waals surface area contributed by atoms with Gasteiger partial charge < -0.3 is 19.4 Å². The Bertz CT molecular complexity index is 946. The van der Waals surface area contributed by atoms with Crippen LogP contribution >= 0.6 is 22.6 Å². The van der Waals surface area contributed by atoms with Crippen LogP contribution < -0.4 is 5.11 Å². The predicted octanol–water partition coefficient (Wildman–Crippen LogP) is 3.74. The summed E-state index contributed by atoms with van der Waals surface area (Å²) in [6, 6.07) is 6.98. The number of carboxylic acids is 1. The molecule has 6 nitrogen and oxygen atoms in total. The zero-order valence-electron chi connectivity index (χ0n) is 18.4. The normalized spacial score (nSPS) is 31.3. The lowest BCUT2D eigenvalue weighted by molar-refractivity contribution is -0.338. The molecule has 3 atom stereocenters. The van der Waals surface area contributed by atoms with E-state index < -0.39 is 46.9 Å². The molecule has 0 saturated heterocycles. The topological polar surface area (TPSA) is 92.7 Å². The average Bonchev–Trinajstić information content (AvgIpc) is 2.70. The van der Waals surface area contributed by atoms with E-state index in [-0.39, 0.29) is 18.3 Å². The Labute approximate surface area is 204 Å². The van der Waals surface area contributed by atoms with Crippen LogP contribution in [0.1, 0.15) is 62.7 Å². The van der Waals surface area contributed by atoms with E-state index in [0.717, 1.165) is 9.99 Å². The van der Waals surface area contributed by atoms with Crippen LogP contribution in [-0.4, -0.2) is 35.5 Å². The highest BCUT2D eigenvalue weighted by molar-refractivity contribution is 14.1. The molecule has 0 heterocycles. The number of aliphatic carboxylic acids is 1. The molecular formula is C24H26F2IO6-. The van der Waals surface area contributed by atoms with Crippen molar-refractivity contribution in [2.75, 3.05) is 0 Å². The summed E-state index contributed by atoms with van der Waals surface area (Å²) in [7, 11) is 0. The van der Waals surface area contributed by atoms with Crippen LogP contribution in [0.4, 0.5) is 8.78 Å². The van der Waals surface area contributed by atoms with Crippen molar-refractivity contribution >= 4 is 40.5 Å². The summed E-state index contributed by atoms with van der Waals surface area (Å²) < 4.78 is 40.7. The molecule has 1 aromatic carbocycles. The monoisotopic (exact) mass is 575 g/mol. The number of carbonyl (C=O) groups is 3. The molecule has 0 spiro atoms. The highest BCUT2D eigenvalue weighted by Gasteiger charge is 2.64. The van der Waals surface area contributed by atoms with Gasteiger partial charge in [-0.2, -0.15) is 8.78 Å². The molecule has 4 aliphatic carbocycles. The molecular weight excluding hydrogens is 549 g/mol. The van der Waals surface area contributed by atoms with E-state index >= 15 is 0 Å². The number of carboxylic acid groups (broad SMARTS) is 1. The Hall–Kier alpha value is -1.78. The fourth-order valence-electron chi connectivity index (χ4n) is 6.36. The molecule has 0 N–H and O–H groups in total. The van der Waals surface area contributed by atoms with Crippen LogP contribution in [0.5, 0.6) is 0 Å². The van der Waals surface area contributed by atoms with E-state index in [0.29, 0.717) is 31.2 Å². The van der Waals surface area contributed by atoms with Gasteiger partial charge in [0.05, 0.1) is 11.0 Å². The van der Waals surface area contributed by atoms with Gasteiger partial charge in [0, 0.05) is 9.99 Å². The number of hydrogen-bond acceptors (Lipinski definition) is 6. The highest BCUT2D eigenvalue weighted by atomic mass is 127. The van der Waals surface area contributed by atoms with E-state index in [4.69, 9.17) is 9.47 Å². The molecule has 5 rings (SSSR count). The van der Waals surface area contributed by atoms with Gasteiger partial charge in [0.15, 0.2) is 6.10 Å². The van der Waals surface area contributed by atoms with Crippen LogP contribution in [0.15, 0.2) is 24.3 Å². The van der Waals surface area contributed by atoms with Gasteiger partial charge in [-0.25, -0.2) is 4.79 Å². The van der Waals surface area contributed by atoms with Crippen molar-refractivity contribution in [1.82, 2.24) is 0 Å². The number of alkyl halides is 2. The van der Waals surface area contributed by atoms with Crippen LogP contribution in [0.3, 0.4) is 0 Å². The lowest BCUT2D eigenvalue weighted by atomic mass is 9.48. The minimum Gasteiger partial charge on any atom is -0.544 e. The molecule has 33 heavy (non-hydrogen) atoms. The largest absolute Gasteiger partial charge is 0.544 e. The third-order valence-corrected chi connectivity index (χ3v) is 8.02. The third-order valence-electron chi connectivity index (χ3n) is 7.30. The quantitative estimate of drug-likeness (QED) is 0.364. The SMILES string of the molecule is CC(C)C(OC(=O)C12CC3CC(CC(OC(=O)c4ccc(I)cc4)(C3)C1)C2)C(F)(F)C(=O)[O-]. The van der Waals surface area contributed by atoms with E-state index in [1.165, 1.54) is 13.8 Å². The lowest BCUT2D eigenvalue weighted by Crippen LogP contribution is -2.61. The summed E-state index contributed by atoms with van der Waals surface area (Å²) in [6.07, 6.45) is 1.13. The van der Waals surface area contributed by atoms with Crippen LogP contribution in [0.2, 0.25) is 0 Å². The van der Waals surface area contributed by atoms with Crippen molar-refractivity contribution in [3.8, 4) is 0 Å². The van der Waals surface area contributed by atoms with Crippen molar-refractivity contribution in [1.29, 1.82) is 0 Å². The van der Waals surface area contributed by atoms with E-state index in [9.17, 15) is 28.3 Å². The van der Waals surface area contributed by atoms with Gasteiger partial charge in [-0.05, 0) is 96.7 Å². The summed E-state index contributed by atoms with van der Waals surface area (Å²) in [5.74, 6) is -8.87. The minimum atomic E-state index is -4.30. The van der Waals surface area contributed by atoms with Crippen LogP contribution in [0, 0.1) is 26.7 Å². The Kier molecular flexibility index (Phi) is 6.24. The zero-order chi connectivity index (χ0) is 24.2. The Balaban J connectivity index is 1.57. The van der Waals surface area contributed by atoms with Crippen LogP contribution in [-0.2, 0) is 19.1 Å². The standard InChI is InChI=1S/C24H27F2IO6/c1-13(2)18(24(25,26)20(29)30)32-21(31)22-8-14-7-15(9-22)11-23(10-14,12-22)33-19(28)16-3-5-17(27)6-4-16/h3-6,13-15,18H,7-12H2,1-2H3,(H,29,30)/p-1. The number of ether oxygens (including phenoxy) is 2. The molecule has 3 unspecified atom stereocenters. The maximum Gasteiger partial charge on any atom is 0.338 e. The van der Waals surface area contributed by atoms with Crippen molar-refractivity contribution < 1.29 is 37.7 Å². The molecule has 4 saturated carbocycles. The van der Waals surface area contributed by atoms with Gasteiger partial charge >= 0.3 is 17.9 Å². The summed E-state index contributed by atoms with van der Waals surface area (Å²) in [5, 5.41) is 11.0. The van der Waals surface area contributed by atoms with Gasteiger partial charge in [0.2, 0.25) is 0 Å². The lowest BCUT2D eigenvalue weighted by Gasteiger charge is -2.60. The summed E-state index contributed by atoms with van der Waals surface area (Å²) in [4.78, 5) is 37.2. The van der Waals surface area contributed by atoms with Gasteiger partial charge in [-0.15, -0.1) is 0 Å².